The van der Waals surface area contributed by atoms with Gasteiger partial charge in [-0.25, -0.2) is 15.0 Å². The third kappa shape index (κ3) is 2.27. The molecule has 0 atom stereocenters. The predicted molar refractivity (Wildman–Crippen MR) is 77.3 cm³/mol. The number of nitrogens with zero attached hydrogens (tertiary/aromatic N) is 5. The number of aromatic nitrogens is 4. The Balaban J connectivity index is 1.89. The highest BCUT2D eigenvalue weighted by molar-refractivity contribution is 5.50. The maximum absolute atomic E-state index is 4.62. The Morgan fingerprint density at radius 2 is 2.20 bits per heavy atom. The van der Waals surface area contributed by atoms with Gasteiger partial charge in [-0.15, -0.1) is 0 Å². The molecule has 3 heterocycles. The molecular formula is C14H20N6. The van der Waals surface area contributed by atoms with Gasteiger partial charge in [0.1, 0.15) is 17.5 Å². The number of imidazole rings is 1. The Kier molecular flexibility index (Phi) is 3.40. The van der Waals surface area contributed by atoms with Crippen LogP contribution in [-0.2, 0) is 26.2 Å². The van der Waals surface area contributed by atoms with E-state index in [2.05, 4.69) is 43.7 Å². The van der Waals surface area contributed by atoms with Crippen molar-refractivity contribution in [3.8, 4) is 0 Å². The van der Waals surface area contributed by atoms with E-state index in [0.717, 1.165) is 49.3 Å². The molecule has 6 heteroatoms. The van der Waals surface area contributed by atoms with Crippen LogP contribution in [0.4, 0.5) is 5.82 Å². The molecule has 106 valence electrons. The molecule has 0 bridgehead atoms. The summed E-state index contributed by atoms with van der Waals surface area (Å²) in [5.41, 5.74) is 2.34. The molecule has 2 aromatic rings. The third-order valence-electron chi connectivity index (χ3n) is 3.66. The predicted octanol–water partition coefficient (Wildman–Crippen LogP) is 1.24. The summed E-state index contributed by atoms with van der Waals surface area (Å²) in [7, 11) is 2.06. The van der Waals surface area contributed by atoms with Crippen molar-refractivity contribution < 1.29 is 0 Å². The van der Waals surface area contributed by atoms with Gasteiger partial charge in [0, 0.05) is 44.6 Å². The van der Waals surface area contributed by atoms with Gasteiger partial charge >= 0.3 is 0 Å². The molecule has 6 nitrogen and oxygen atoms in total. The molecule has 0 radical (unpaired) electrons. The first kappa shape index (κ1) is 13.1. The standard InChI is InChI=1S/C14H20N6/c1-4-20-6-5-16-13(20)9-19(3)14-11-7-15-8-12(11)17-10(2)18-14/h5-6,15H,4,7-9H2,1-3H3. The van der Waals surface area contributed by atoms with Crippen LogP contribution in [0, 0.1) is 6.92 Å². The summed E-state index contributed by atoms with van der Waals surface area (Å²) in [6.07, 6.45) is 3.87. The van der Waals surface area contributed by atoms with Gasteiger partial charge in [-0.05, 0) is 13.8 Å². The van der Waals surface area contributed by atoms with E-state index in [9.17, 15) is 0 Å². The van der Waals surface area contributed by atoms with E-state index >= 15 is 0 Å². The highest BCUT2D eigenvalue weighted by atomic mass is 15.2. The average molecular weight is 272 g/mol. The molecule has 1 aliphatic rings. The molecule has 1 aliphatic heterocycles. The highest BCUT2D eigenvalue weighted by Gasteiger charge is 2.21. The second kappa shape index (κ2) is 5.20. The highest BCUT2D eigenvalue weighted by Crippen LogP contribution is 2.24. The van der Waals surface area contributed by atoms with Gasteiger partial charge in [-0.3, -0.25) is 0 Å². The van der Waals surface area contributed by atoms with E-state index < -0.39 is 0 Å². The van der Waals surface area contributed by atoms with Gasteiger partial charge in [-0.2, -0.15) is 0 Å². The van der Waals surface area contributed by atoms with Crippen molar-refractivity contribution in [2.24, 2.45) is 0 Å². The summed E-state index contributed by atoms with van der Waals surface area (Å²) in [6.45, 7) is 7.45. The molecule has 2 aromatic heterocycles. The summed E-state index contributed by atoms with van der Waals surface area (Å²) in [5, 5.41) is 3.34. The molecule has 0 unspecified atom stereocenters. The smallest absolute Gasteiger partial charge is 0.137 e. The number of nitrogens with one attached hydrogen (secondary N) is 1. The minimum atomic E-state index is 0.754. The van der Waals surface area contributed by atoms with Crippen LogP contribution in [0.25, 0.3) is 0 Å². The van der Waals surface area contributed by atoms with Gasteiger partial charge in [0.15, 0.2) is 0 Å². The van der Waals surface area contributed by atoms with Crippen LogP contribution in [0.15, 0.2) is 12.4 Å². The van der Waals surface area contributed by atoms with E-state index in [1.807, 2.05) is 19.3 Å². The molecule has 20 heavy (non-hydrogen) atoms. The van der Waals surface area contributed by atoms with Crippen molar-refractivity contribution in [3.05, 3.63) is 35.3 Å². The first-order chi connectivity index (χ1) is 9.69. The number of hydrogen-bond acceptors (Lipinski definition) is 5. The van der Waals surface area contributed by atoms with Crippen LogP contribution < -0.4 is 10.2 Å². The molecule has 0 aliphatic carbocycles. The number of anilines is 1. The second-order valence-corrected chi connectivity index (χ2v) is 5.11. The van der Waals surface area contributed by atoms with Crippen LogP contribution in [0.1, 0.15) is 29.8 Å². The molecule has 1 N–H and O–H groups in total. The minimum Gasteiger partial charge on any atom is -0.352 e. The molecule has 0 fully saturated rings. The third-order valence-corrected chi connectivity index (χ3v) is 3.66. The van der Waals surface area contributed by atoms with Crippen molar-refractivity contribution in [1.29, 1.82) is 0 Å². The SMILES string of the molecule is CCn1ccnc1CN(C)c1nc(C)nc2c1CNC2. The van der Waals surface area contributed by atoms with E-state index in [-0.39, 0.29) is 0 Å². The topological polar surface area (TPSA) is 58.9 Å². The zero-order valence-electron chi connectivity index (χ0n) is 12.2. The molecule has 0 aromatic carbocycles. The molecule has 3 rings (SSSR count). The Morgan fingerprint density at radius 3 is 3.00 bits per heavy atom. The fourth-order valence-electron chi connectivity index (χ4n) is 2.65. The quantitative estimate of drug-likeness (QED) is 0.907. The van der Waals surface area contributed by atoms with Gasteiger partial charge < -0.3 is 14.8 Å². The monoisotopic (exact) mass is 272 g/mol. The van der Waals surface area contributed by atoms with Crippen LogP contribution in [0.3, 0.4) is 0 Å². The molecular weight excluding hydrogens is 252 g/mol. The summed E-state index contributed by atoms with van der Waals surface area (Å²) < 4.78 is 2.16. The zero-order chi connectivity index (χ0) is 14.1. The maximum Gasteiger partial charge on any atom is 0.137 e. The molecule has 0 spiro atoms. The van der Waals surface area contributed by atoms with Crippen molar-refractivity contribution in [2.45, 2.75) is 40.0 Å². The number of hydrogen-bond donors (Lipinski definition) is 1. The largest absolute Gasteiger partial charge is 0.352 e. The van der Waals surface area contributed by atoms with E-state index in [1.165, 1.54) is 5.56 Å². The lowest BCUT2D eigenvalue weighted by molar-refractivity contribution is 0.680. The number of rotatable bonds is 4. The average Bonchev–Trinajstić information content (AvgIpc) is 3.05. The first-order valence-corrected chi connectivity index (χ1v) is 6.97. The lowest BCUT2D eigenvalue weighted by Gasteiger charge is -2.21. The lowest BCUT2D eigenvalue weighted by Crippen LogP contribution is -2.23. The van der Waals surface area contributed by atoms with Gasteiger partial charge in [0.2, 0.25) is 0 Å². The fourth-order valence-corrected chi connectivity index (χ4v) is 2.65. The summed E-state index contributed by atoms with van der Waals surface area (Å²) in [6, 6.07) is 0. The Hall–Kier alpha value is -1.95. The van der Waals surface area contributed by atoms with Crippen molar-refractivity contribution in [2.75, 3.05) is 11.9 Å². The van der Waals surface area contributed by atoms with Crippen LogP contribution in [0.5, 0.6) is 0 Å². The minimum absolute atomic E-state index is 0.754. The maximum atomic E-state index is 4.62. The Morgan fingerprint density at radius 1 is 1.35 bits per heavy atom. The van der Waals surface area contributed by atoms with E-state index in [4.69, 9.17) is 0 Å². The second-order valence-electron chi connectivity index (χ2n) is 5.11. The fraction of sp³-hybridized carbons (Fsp3) is 0.500. The van der Waals surface area contributed by atoms with E-state index in [1.54, 1.807) is 0 Å². The number of aryl methyl sites for hydroxylation is 2. The zero-order valence-corrected chi connectivity index (χ0v) is 12.2. The van der Waals surface area contributed by atoms with Crippen LogP contribution >= 0.6 is 0 Å². The summed E-state index contributed by atoms with van der Waals surface area (Å²) in [4.78, 5) is 15.7. The first-order valence-electron chi connectivity index (χ1n) is 6.97. The van der Waals surface area contributed by atoms with Gasteiger partial charge in [0.25, 0.3) is 0 Å². The Labute approximate surface area is 118 Å². The summed E-state index contributed by atoms with van der Waals surface area (Å²) in [5.74, 6) is 2.90. The van der Waals surface area contributed by atoms with Crippen molar-refractivity contribution >= 4 is 5.82 Å². The van der Waals surface area contributed by atoms with E-state index in [0.29, 0.717) is 0 Å². The molecule has 0 saturated carbocycles. The number of fused-ring (bicyclic) bond motifs is 1. The van der Waals surface area contributed by atoms with Crippen LogP contribution in [-0.4, -0.2) is 26.6 Å². The lowest BCUT2D eigenvalue weighted by atomic mass is 10.2. The Bertz CT molecular complexity index is 618. The molecule has 0 saturated heterocycles. The normalized spacial score (nSPS) is 13.6. The van der Waals surface area contributed by atoms with Gasteiger partial charge in [-0.1, -0.05) is 0 Å². The molecule has 0 amide bonds. The summed E-state index contributed by atoms with van der Waals surface area (Å²) >= 11 is 0. The van der Waals surface area contributed by atoms with Crippen molar-refractivity contribution in [3.63, 3.8) is 0 Å². The van der Waals surface area contributed by atoms with Gasteiger partial charge in [0.05, 0.1) is 12.2 Å². The van der Waals surface area contributed by atoms with Crippen molar-refractivity contribution in [1.82, 2.24) is 24.8 Å². The van der Waals surface area contributed by atoms with Crippen LogP contribution in [0.2, 0.25) is 0 Å².